The van der Waals surface area contributed by atoms with E-state index in [1.807, 2.05) is 0 Å². The third kappa shape index (κ3) is 3.64. The lowest BCUT2D eigenvalue weighted by Gasteiger charge is -2.35. The minimum atomic E-state index is -4.58. The van der Waals surface area contributed by atoms with Crippen LogP contribution in [0.2, 0.25) is 0 Å². The Hall–Kier alpha value is -2.74. The van der Waals surface area contributed by atoms with Crippen LogP contribution in [0.15, 0.2) is 36.4 Å². The van der Waals surface area contributed by atoms with Crippen molar-refractivity contribution in [1.82, 2.24) is 0 Å². The average molecular weight is 405 g/mol. The summed E-state index contributed by atoms with van der Waals surface area (Å²) in [5.41, 5.74) is 5.21. The molecular weight excluding hydrogens is 383 g/mol. The molecule has 4 rings (SSSR count). The number of ether oxygens (including phenoxy) is 1. The Morgan fingerprint density at radius 3 is 2.55 bits per heavy atom. The summed E-state index contributed by atoms with van der Waals surface area (Å²) >= 11 is 0. The van der Waals surface area contributed by atoms with Crippen LogP contribution in [-0.2, 0) is 11.0 Å². The number of alkyl halides is 3. The number of hydrogen-bond donors (Lipinski definition) is 3. The van der Waals surface area contributed by atoms with Crippen molar-refractivity contribution in [2.24, 2.45) is 11.1 Å². The Bertz CT molecular complexity index is 937. The van der Waals surface area contributed by atoms with Crippen molar-refractivity contribution in [2.45, 2.75) is 38.3 Å². The van der Waals surface area contributed by atoms with Gasteiger partial charge >= 0.3 is 6.18 Å². The Balaban J connectivity index is 1.73. The lowest BCUT2D eigenvalue weighted by atomic mass is 9.73. The lowest BCUT2D eigenvalue weighted by molar-refractivity contribution is -0.137. The van der Waals surface area contributed by atoms with Gasteiger partial charge in [0.15, 0.2) is 11.5 Å². The highest BCUT2D eigenvalue weighted by atomic mass is 19.4. The van der Waals surface area contributed by atoms with Crippen molar-refractivity contribution < 1.29 is 22.7 Å². The average Bonchev–Trinajstić information content (AvgIpc) is 2.72. The fraction of sp³-hybridized carbons (Fsp3) is 0.381. The minimum absolute atomic E-state index is 0.0132. The van der Waals surface area contributed by atoms with Crippen molar-refractivity contribution in [3.05, 3.63) is 42.0 Å². The zero-order valence-electron chi connectivity index (χ0n) is 15.7. The van der Waals surface area contributed by atoms with Gasteiger partial charge in [0.2, 0.25) is 5.91 Å². The van der Waals surface area contributed by atoms with Gasteiger partial charge in [-0.15, -0.1) is 0 Å². The third-order valence-corrected chi connectivity index (χ3v) is 5.73. The Labute approximate surface area is 166 Å². The van der Waals surface area contributed by atoms with E-state index in [2.05, 4.69) is 10.6 Å². The highest BCUT2D eigenvalue weighted by Crippen LogP contribution is 2.49. The van der Waals surface area contributed by atoms with Gasteiger partial charge in [-0.25, -0.2) is 0 Å². The lowest BCUT2D eigenvalue weighted by Crippen LogP contribution is -2.44. The number of halogens is 3. The van der Waals surface area contributed by atoms with Gasteiger partial charge < -0.3 is 21.1 Å². The molecule has 1 heterocycles. The molecule has 0 spiro atoms. The van der Waals surface area contributed by atoms with E-state index in [1.165, 1.54) is 0 Å². The smallest absolute Gasteiger partial charge is 0.416 e. The zero-order valence-corrected chi connectivity index (χ0v) is 15.7. The maximum atomic E-state index is 13.5. The van der Waals surface area contributed by atoms with Crippen molar-refractivity contribution in [3.8, 4) is 11.5 Å². The molecule has 5 nitrogen and oxygen atoms in total. The Kier molecular flexibility index (Phi) is 4.90. The molecule has 8 heteroatoms. The molecule has 4 N–H and O–H groups in total. The second-order valence-corrected chi connectivity index (χ2v) is 7.62. The van der Waals surface area contributed by atoms with Gasteiger partial charge in [-0.2, -0.15) is 13.2 Å². The van der Waals surface area contributed by atoms with Crippen LogP contribution in [-0.4, -0.2) is 12.5 Å². The summed E-state index contributed by atoms with van der Waals surface area (Å²) in [6, 6.07) is 8.81. The van der Waals surface area contributed by atoms with Gasteiger partial charge in [0, 0.05) is 6.54 Å². The summed E-state index contributed by atoms with van der Waals surface area (Å²) in [6.07, 6.45) is -0.544. The number of carbonyl (C=O) groups is 1. The first-order valence-electron chi connectivity index (χ1n) is 9.63. The van der Waals surface area contributed by atoms with Gasteiger partial charge in [0.25, 0.3) is 0 Å². The zero-order chi connectivity index (χ0) is 20.6. The summed E-state index contributed by atoms with van der Waals surface area (Å²) in [4.78, 5) is 13.1. The molecule has 2 aromatic carbocycles. The Morgan fingerprint density at radius 1 is 1.14 bits per heavy atom. The van der Waals surface area contributed by atoms with Crippen LogP contribution in [0.4, 0.5) is 30.2 Å². The highest BCUT2D eigenvalue weighted by molar-refractivity contribution is 6.00. The molecule has 1 saturated carbocycles. The SMILES string of the molecule is NCC1(C(=O)Nc2cc(C(F)(F)F)cc3c2Nc2ccccc2O3)CCCCC1. The van der Waals surface area contributed by atoms with Crippen LogP contribution in [0.1, 0.15) is 37.7 Å². The highest BCUT2D eigenvalue weighted by Gasteiger charge is 2.40. The molecule has 1 fully saturated rings. The third-order valence-electron chi connectivity index (χ3n) is 5.73. The van der Waals surface area contributed by atoms with Gasteiger partial charge in [-0.1, -0.05) is 31.4 Å². The van der Waals surface area contributed by atoms with E-state index in [0.717, 1.165) is 31.4 Å². The summed E-state index contributed by atoms with van der Waals surface area (Å²) in [5.74, 6) is 0.0865. The molecule has 0 radical (unpaired) electrons. The van der Waals surface area contributed by atoms with Crippen LogP contribution in [0.25, 0.3) is 0 Å². The first kappa shape index (κ1) is 19.6. The maximum absolute atomic E-state index is 13.5. The molecule has 2 aliphatic rings. The quantitative estimate of drug-likeness (QED) is 0.545. The number of amides is 1. The predicted octanol–water partition coefficient (Wildman–Crippen LogP) is 5.40. The van der Waals surface area contributed by atoms with Crippen molar-refractivity contribution in [2.75, 3.05) is 17.2 Å². The van der Waals surface area contributed by atoms with E-state index in [9.17, 15) is 18.0 Å². The van der Waals surface area contributed by atoms with E-state index in [4.69, 9.17) is 10.5 Å². The van der Waals surface area contributed by atoms with E-state index >= 15 is 0 Å². The summed E-state index contributed by atoms with van der Waals surface area (Å²) in [5, 5.41) is 5.80. The summed E-state index contributed by atoms with van der Waals surface area (Å²) in [7, 11) is 0. The number of hydrogen-bond acceptors (Lipinski definition) is 4. The van der Waals surface area contributed by atoms with E-state index in [0.29, 0.717) is 30.0 Å². The number of rotatable bonds is 3. The van der Waals surface area contributed by atoms with Gasteiger partial charge in [-0.05, 0) is 37.1 Å². The molecule has 0 atom stereocenters. The fourth-order valence-electron chi connectivity index (χ4n) is 4.01. The first-order valence-corrected chi connectivity index (χ1v) is 9.63. The number of carbonyl (C=O) groups excluding carboxylic acids is 1. The van der Waals surface area contributed by atoms with Crippen LogP contribution < -0.4 is 21.1 Å². The molecule has 0 saturated heterocycles. The van der Waals surface area contributed by atoms with Crippen LogP contribution in [0, 0.1) is 5.41 Å². The van der Waals surface area contributed by atoms with Crippen molar-refractivity contribution in [1.29, 1.82) is 0 Å². The normalized spacial score (nSPS) is 17.4. The number of nitrogens with one attached hydrogen (secondary N) is 2. The Morgan fingerprint density at radius 2 is 1.86 bits per heavy atom. The standard InChI is InChI=1S/C21H22F3N3O2/c22-21(23,24)13-10-15(27-19(28)20(12-25)8-4-1-5-9-20)18-17(11-13)29-16-7-3-2-6-14(16)26-18/h2-3,6-7,10-11,26H,1,4-5,8-9,12,25H2,(H,27,28). The number of fused-ring (bicyclic) bond motifs is 2. The van der Waals surface area contributed by atoms with Crippen LogP contribution >= 0.6 is 0 Å². The van der Waals surface area contributed by atoms with Crippen molar-refractivity contribution >= 4 is 23.0 Å². The molecule has 0 aromatic heterocycles. The van der Waals surface area contributed by atoms with Gasteiger partial charge in [0.05, 0.1) is 22.4 Å². The molecule has 1 aliphatic heterocycles. The molecule has 2 aromatic rings. The van der Waals surface area contributed by atoms with E-state index in [1.54, 1.807) is 24.3 Å². The minimum Gasteiger partial charge on any atom is -0.453 e. The second-order valence-electron chi connectivity index (χ2n) is 7.62. The van der Waals surface area contributed by atoms with Crippen molar-refractivity contribution in [3.63, 3.8) is 0 Å². The molecule has 29 heavy (non-hydrogen) atoms. The fourth-order valence-corrected chi connectivity index (χ4v) is 4.01. The van der Waals surface area contributed by atoms with Crippen LogP contribution in [0.3, 0.4) is 0 Å². The number of anilines is 3. The largest absolute Gasteiger partial charge is 0.453 e. The molecule has 1 amide bonds. The summed E-state index contributed by atoms with van der Waals surface area (Å²) in [6.45, 7) is 0.159. The molecule has 154 valence electrons. The van der Waals surface area contributed by atoms with Gasteiger partial charge in [-0.3, -0.25) is 4.79 Å². The maximum Gasteiger partial charge on any atom is 0.416 e. The topological polar surface area (TPSA) is 76.4 Å². The monoisotopic (exact) mass is 405 g/mol. The first-order chi connectivity index (χ1) is 13.8. The molecule has 1 aliphatic carbocycles. The number of benzene rings is 2. The molecule has 0 bridgehead atoms. The molecular formula is C21H22F3N3O2. The molecule has 0 unspecified atom stereocenters. The second kappa shape index (κ2) is 7.26. The van der Waals surface area contributed by atoms with Gasteiger partial charge in [0.1, 0.15) is 5.69 Å². The number of nitrogens with two attached hydrogens (primary N) is 1. The van der Waals surface area contributed by atoms with Crippen LogP contribution in [0.5, 0.6) is 11.5 Å². The van der Waals surface area contributed by atoms with E-state index < -0.39 is 17.2 Å². The predicted molar refractivity (Wildman–Crippen MR) is 104 cm³/mol. The van der Waals surface area contributed by atoms with E-state index in [-0.39, 0.29) is 23.9 Å². The summed E-state index contributed by atoms with van der Waals surface area (Å²) < 4.78 is 46.1. The number of para-hydroxylation sites is 2.